The van der Waals surface area contributed by atoms with Crippen molar-refractivity contribution in [2.45, 2.75) is 13.0 Å². The molecular formula is C20H16ClFN2O5. The number of pyridine rings is 1. The lowest BCUT2D eigenvalue weighted by molar-refractivity contribution is -0.120. The smallest absolute Gasteiger partial charge is 0.341 e. The van der Waals surface area contributed by atoms with Crippen LogP contribution in [-0.2, 0) is 17.8 Å². The van der Waals surface area contributed by atoms with E-state index in [1.807, 2.05) is 0 Å². The molecule has 0 atom stereocenters. The summed E-state index contributed by atoms with van der Waals surface area (Å²) in [6.45, 7) is 0.00995. The molecule has 150 valence electrons. The topological polar surface area (TPSA) is 108 Å². The SMILES string of the molecule is COc1ccc(CC(=O)NCc2cc(Cl)cc3cc(C(=O)O)c(=O)[nH]c23)c(F)c1. The van der Waals surface area contributed by atoms with Crippen molar-refractivity contribution in [1.82, 2.24) is 10.3 Å². The number of ether oxygens (including phenoxy) is 1. The molecule has 1 amide bonds. The van der Waals surface area contributed by atoms with Gasteiger partial charge in [-0.3, -0.25) is 9.59 Å². The van der Waals surface area contributed by atoms with Gasteiger partial charge in [0.05, 0.1) is 19.0 Å². The molecule has 0 spiro atoms. The van der Waals surface area contributed by atoms with E-state index in [1.54, 1.807) is 12.1 Å². The lowest BCUT2D eigenvalue weighted by atomic mass is 10.1. The monoisotopic (exact) mass is 418 g/mol. The Kier molecular flexibility index (Phi) is 5.84. The summed E-state index contributed by atoms with van der Waals surface area (Å²) < 4.78 is 18.9. The van der Waals surface area contributed by atoms with E-state index in [9.17, 15) is 18.8 Å². The summed E-state index contributed by atoms with van der Waals surface area (Å²) in [7, 11) is 1.42. The van der Waals surface area contributed by atoms with Gasteiger partial charge in [-0.15, -0.1) is 0 Å². The highest BCUT2D eigenvalue weighted by atomic mass is 35.5. The van der Waals surface area contributed by atoms with Gasteiger partial charge >= 0.3 is 5.97 Å². The van der Waals surface area contributed by atoms with Crippen molar-refractivity contribution in [3.63, 3.8) is 0 Å². The van der Waals surface area contributed by atoms with E-state index >= 15 is 0 Å². The van der Waals surface area contributed by atoms with E-state index in [0.29, 0.717) is 27.2 Å². The van der Waals surface area contributed by atoms with Crippen LogP contribution in [0, 0.1) is 5.82 Å². The number of amides is 1. The van der Waals surface area contributed by atoms with Crippen molar-refractivity contribution in [3.8, 4) is 5.75 Å². The van der Waals surface area contributed by atoms with Crippen LogP contribution in [0.25, 0.3) is 10.9 Å². The molecule has 0 radical (unpaired) electrons. The summed E-state index contributed by atoms with van der Waals surface area (Å²) in [6, 6.07) is 8.50. The van der Waals surface area contributed by atoms with Gasteiger partial charge in [0, 0.05) is 23.0 Å². The summed E-state index contributed by atoms with van der Waals surface area (Å²) in [4.78, 5) is 37.9. The number of fused-ring (bicyclic) bond motifs is 1. The van der Waals surface area contributed by atoms with Gasteiger partial charge in [0.1, 0.15) is 17.1 Å². The van der Waals surface area contributed by atoms with Crippen LogP contribution in [0.1, 0.15) is 21.5 Å². The summed E-state index contributed by atoms with van der Waals surface area (Å²) in [5, 5.41) is 12.5. The number of nitrogens with one attached hydrogen (secondary N) is 2. The average Bonchev–Trinajstić information content (AvgIpc) is 2.67. The first-order valence-corrected chi connectivity index (χ1v) is 8.84. The van der Waals surface area contributed by atoms with Crippen molar-refractivity contribution in [2.24, 2.45) is 0 Å². The quantitative estimate of drug-likeness (QED) is 0.570. The maximum absolute atomic E-state index is 14.0. The van der Waals surface area contributed by atoms with Crippen molar-refractivity contribution in [1.29, 1.82) is 0 Å². The molecule has 1 aromatic heterocycles. The molecule has 0 bridgehead atoms. The Bertz CT molecular complexity index is 1180. The van der Waals surface area contributed by atoms with Gasteiger partial charge in [0.15, 0.2) is 0 Å². The van der Waals surface area contributed by atoms with Crippen LogP contribution in [-0.4, -0.2) is 29.1 Å². The summed E-state index contributed by atoms with van der Waals surface area (Å²) in [6.07, 6.45) is -0.186. The first-order valence-electron chi connectivity index (χ1n) is 8.46. The summed E-state index contributed by atoms with van der Waals surface area (Å²) in [5.41, 5.74) is -0.117. The maximum atomic E-state index is 14.0. The highest BCUT2D eigenvalue weighted by Crippen LogP contribution is 2.22. The number of halogens is 2. The minimum Gasteiger partial charge on any atom is -0.497 e. The van der Waals surface area contributed by atoms with Gasteiger partial charge in [-0.1, -0.05) is 17.7 Å². The fourth-order valence-corrected chi connectivity index (χ4v) is 3.13. The molecule has 0 saturated carbocycles. The van der Waals surface area contributed by atoms with Crippen LogP contribution in [0.5, 0.6) is 5.75 Å². The number of carboxylic acid groups (broad SMARTS) is 1. The molecule has 3 aromatic rings. The number of carbonyl (C=O) groups excluding carboxylic acids is 1. The van der Waals surface area contributed by atoms with E-state index in [2.05, 4.69) is 10.3 Å². The number of aromatic amines is 1. The highest BCUT2D eigenvalue weighted by molar-refractivity contribution is 6.31. The Morgan fingerprint density at radius 3 is 2.62 bits per heavy atom. The van der Waals surface area contributed by atoms with Crippen LogP contribution in [0.4, 0.5) is 4.39 Å². The van der Waals surface area contributed by atoms with Crippen LogP contribution in [0.3, 0.4) is 0 Å². The lowest BCUT2D eigenvalue weighted by Gasteiger charge is -2.11. The van der Waals surface area contributed by atoms with Gasteiger partial charge in [-0.2, -0.15) is 0 Å². The van der Waals surface area contributed by atoms with E-state index < -0.39 is 28.8 Å². The zero-order valence-corrected chi connectivity index (χ0v) is 16.0. The summed E-state index contributed by atoms with van der Waals surface area (Å²) >= 11 is 6.08. The van der Waals surface area contributed by atoms with Gasteiger partial charge in [-0.05, 0) is 35.4 Å². The number of rotatable bonds is 6. The Hall–Kier alpha value is -3.39. The molecule has 3 N–H and O–H groups in total. The second-order valence-electron chi connectivity index (χ2n) is 6.26. The molecular weight excluding hydrogens is 403 g/mol. The van der Waals surface area contributed by atoms with Gasteiger partial charge in [-0.25, -0.2) is 9.18 Å². The van der Waals surface area contributed by atoms with Crippen LogP contribution in [0.15, 0.2) is 41.2 Å². The first-order chi connectivity index (χ1) is 13.8. The van der Waals surface area contributed by atoms with E-state index in [-0.39, 0.29) is 18.5 Å². The molecule has 0 aliphatic rings. The number of aromatic carboxylic acids is 1. The third kappa shape index (κ3) is 4.55. The van der Waals surface area contributed by atoms with E-state index in [0.717, 1.165) is 0 Å². The molecule has 2 aromatic carbocycles. The molecule has 0 aliphatic carbocycles. The number of H-pyrrole nitrogens is 1. The normalized spacial score (nSPS) is 10.7. The second kappa shape index (κ2) is 8.32. The fourth-order valence-electron chi connectivity index (χ4n) is 2.88. The summed E-state index contributed by atoms with van der Waals surface area (Å²) in [5.74, 6) is -2.00. The number of methoxy groups -OCH3 is 1. The standard InChI is InChI=1S/C20H16ClFN2O5/c1-29-14-3-2-10(16(22)8-14)7-17(25)23-9-12-5-13(21)4-11-6-15(20(27)28)19(26)24-18(11)12/h2-6,8H,7,9H2,1H3,(H,23,25)(H,24,26)(H,27,28). The van der Waals surface area contributed by atoms with Crippen molar-refractivity contribution < 1.29 is 23.8 Å². The van der Waals surface area contributed by atoms with Crippen LogP contribution in [0.2, 0.25) is 5.02 Å². The molecule has 7 nitrogen and oxygen atoms in total. The molecule has 1 heterocycles. The van der Waals surface area contributed by atoms with Gasteiger partial charge in [0.2, 0.25) is 5.91 Å². The zero-order chi connectivity index (χ0) is 21.1. The highest BCUT2D eigenvalue weighted by Gasteiger charge is 2.14. The zero-order valence-electron chi connectivity index (χ0n) is 15.2. The predicted octanol–water partition coefficient (Wildman–Crippen LogP) is 2.89. The Morgan fingerprint density at radius 2 is 1.97 bits per heavy atom. The van der Waals surface area contributed by atoms with Crippen LogP contribution < -0.4 is 15.6 Å². The number of hydrogen-bond acceptors (Lipinski definition) is 4. The first kappa shape index (κ1) is 20.3. The molecule has 9 heteroatoms. The Labute approximate surface area is 169 Å². The molecule has 0 aliphatic heterocycles. The number of aromatic nitrogens is 1. The minimum absolute atomic E-state index is 0.00995. The third-order valence-corrected chi connectivity index (χ3v) is 4.53. The molecule has 0 saturated heterocycles. The lowest BCUT2D eigenvalue weighted by Crippen LogP contribution is -2.25. The molecule has 3 rings (SSSR count). The number of hydrogen-bond donors (Lipinski definition) is 3. The minimum atomic E-state index is -1.36. The second-order valence-corrected chi connectivity index (χ2v) is 6.69. The Morgan fingerprint density at radius 1 is 1.21 bits per heavy atom. The number of benzene rings is 2. The van der Waals surface area contributed by atoms with Crippen molar-refractivity contribution in [2.75, 3.05) is 7.11 Å². The largest absolute Gasteiger partial charge is 0.497 e. The number of carboxylic acids is 1. The van der Waals surface area contributed by atoms with E-state index in [1.165, 1.54) is 31.4 Å². The molecule has 0 unspecified atom stereocenters. The third-order valence-electron chi connectivity index (χ3n) is 4.32. The van der Waals surface area contributed by atoms with Crippen molar-refractivity contribution >= 4 is 34.4 Å². The molecule has 0 fully saturated rings. The fraction of sp³-hybridized carbons (Fsp3) is 0.150. The van der Waals surface area contributed by atoms with E-state index in [4.69, 9.17) is 21.4 Å². The molecule has 29 heavy (non-hydrogen) atoms. The van der Waals surface area contributed by atoms with Gasteiger partial charge < -0.3 is 20.1 Å². The number of carbonyl (C=O) groups is 2. The average molecular weight is 419 g/mol. The van der Waals surface area contributed by atoms with Crippen LogP contribution >= 0.6 is 11.6 Å². The van der Waals surface area contributed by atoms with Gasteiger partial charge in [0.25, 0.3) is 5.56 Å². The Balaban J connectivity index is 1.81. The van der Waals surface area contributed by atoms with Crippen molar-refractivity contribution in [3.05, 3.63) is 74.3 Å². The maximum Gasteiger partial charge on any atom is 0.341 e. The predicted molar refractivity (Wildman–Crippen MR) is 105 cm³/mol.